The molecule has 0 unspecified atom stereocenters. The number of hydrogen-bond acceptors (Lipinski definition) is 3. The maximum atomic E-state index is 10.9. The topological polar surface area (TPSA) is 60.2 Å². The minimum atomic E-state index is -0.247. The summed E-state index contributed by atoms with van der Waals surface area (Å²) in [5.74, 6) is 0. The predicted octanol–water partition coefficient (Wildman–Crippen LogP) is 5.60. The van der Waals surface area contributed by atoms with Crippen LogP contribution in [0.15, 0.2) is 23.9 Å². The Morgan fingerprint density at radius 3 is 2.27 bits per heavy atom. The number of aldehydes is 1. The molecular formula is C18H31NO3. The summed E-state index contributed by atoms with van der Waals surface area (Å²) in [5, 5.41) is 10.9. The number of carbonyl (C=O) groups excluding carboxylic acids is 1. The molecule has 126 valence electrons. The van der Waals surface area contributed by atoms with Gasteiger partial charge < -0.3 is 4.79 Å². The SMILES string of the molecule is CCCCC/C(=C/C/C=C/CCCCCCCC=O)[N+](=O)[O-]. The molecule has 0 amide bonds. The third-order valence-electron chi connectivity index (χ3n) is 3.62. The molecule has 0 spiro atoms. The van der Waals surface area contributed by atoms with Crippen LogP contribution in [0.1, 0.15) is 84.0 Å². The first-order chi connectivity index (χ1) is 10.7. The Morgan fingerprint density at radius 2 is 1.64 bits per heavy atom. The predicted molar refractivity (Wildman–Crippen MR) is 91.4 cm³/mol. The second kappa shape index (κ2) is 15.9. The van der Waals surface area contributed by atoms with Crippen molar-refractivity contribution in [3.63, 3.8) is 0 Å². The summed E-state index contributed by atoms with van der Waals surface area (Å²) in [6, 6.07) is 0. The van der Waals surface area contributed by atoms with Crippen molar-refractivity contribution in [1.29, 1.82) is 0 Å². The number of nitro groups is 1. The Kier molecular flexibility index (Phi) is 14.9. The monoisotopic (exact) mass is 309 g/mol. The van der Waals surface area contributed by atoms with E-state index in [0.29, 0.717) is 25.0 Å². The molecule has 0 fully saturated rings. The fourth-order valence-electron chi connectivity index (χ4n) is 2.26. The van der Waals surface area contributed by atoms with E-state index in [1.165, 1.54) is 12.8 Å². The van der Waals surface area contributed by atoms with Crippen molar-refractivity contribution in [3.05, 3.63) is 34.0 Å². The van der Waals surface area contributed by atoms with Crippen molar-refractivity contribution in [2.45, 2.75) is 84.0 Å². The quantitative estimate of drug-likeness (QED) is 0.130. The molecule has 22 heavy (non-hydrogen) atoms. The van der Waals surface area contributed by atoms with Crippen LogP contribution in [0.2, 0.25) is 0 Å². The zero-order valence-electron chi connectivity index (χ0n) is 14.0. The Morgan fingerprint density at radius 1 is 0.955 bits per heavy atom. The number of rotatable bonds is 15. The number of unbranched alkanes of at least 4 members (excludes halogenated alkanes) is 8. The van der Waals surface area contributed by atoms with Gasteiger partial charge in [-0.05, 0) is 38.2 Å². The highest BCUT2D eigenvalue weighted by atomic mass is 16.6. The van der Waals surface area contributed by atoms with Gasteiger partial charge in [0.15, 0.2) is 0 Å². The Bertz CT molecular complexity index is 348. The number of hydrogen-bond donors (Lipinski definition) is 0. The van der Waals surface area contributed by atoms with Crippen molar-refractivity contribution < 1.29 is 9.72 Å². The van der Waals surface area contributed by atoms with Crippen molar-refractivity contribution in [1.82, 2.24) is 0 Å². The van der Waals surface area contributed by atoms with Gasteiger partial charge in [-0.1, -0.05) is 51.2 Å². The number of nitrogens with zero attached hydrogens (tertiary/aromatic N) is 1. The molecule has 0 bridgehead atoms. The molecule has 0 aliphatic rings. The molecule has 0 heterocycles. The molecule has 0 atom stereocenters. The lowest BCUT2D eigenvalue weighted by atomic mass is 10.1. The standard InChI is InChI=1S/C18H31NO3/c1-2-3-12-15-18(19(21)22)16-13-10-8-6-4-5-7-9-11-14-17-20/h8,10,16-17H,2-7,9,11-15H2,1H3/b10-8+,18-16-. The van der Waals surface area contributed by atoms with E-state index in [-0.39, 0.29) is 4.92 Å². The lowest BCUT2D eigenvalue weighted by Crippen LogP contribution is -1.98. The van der Waals surface area contributed by atoms with Gasteiger partial charge in [0.2, 0.25) is 5.70 Å². The molecular weight excluding hydrogens is 278 g/mol. The van der Waals surface area contributed by atoms with Crippen LogP contribution in [-0.4, -0.2) is 11.2 Å². The summed E-state index contributed by atoms with van der Waals surface area (Å²) in [5.41, 5.74) is 0.355. The Balaban J connectivity index is 3.69. The first-order valence-corrected chi connectivity index (χ1v) is 8.64. The molecule has 0 aromatic heterocycles. The van der Waals surface area contributed by atoms with Crippen LogP contribution in [0.4, 0.5) is 0 Å². The summed E-state index contributed by atoms with van der Waals surface area (Å²) in [6.45, 7) is 2.10. The average molecular weight is 309 g/mol. The molecule has 0 saturated heterocycles. The Labute approximate surface area is 134 Å². The highest BCUT2D eigenvalue weighted by Gasteiger charge is 2.08. The van der Waals surface area contributed by atoms with Gasteiger partial charge in [-0.25, -0.2) is 0 Å². The van der Waals surface area contributed by atoms with Crippen molar-refractivity contribution >= 4 is 6.29 Å². The molecule has 0 N–H and O–H groups in total. The molecule has 0 saturated carbocycles. The van der Waals surface area contributed by atoms with E-state index >= 15 is 0 Å². The van der Waals surface area contributed by atoms with E-state index in [1.54, 1.807) is 6.08 Å². The van der Waals surface area contributed by atoms with Crippen molar-refractivity contribution in [2.75, 3.05) is 0 Å². The molecule has 4 heteroatoms. The van der Waals surface area contributed by atoms with Crippen molar-refractivity contribution in [3.8, 4) is 0 Å². The van der Waals surface area contributed by atoms with E-state index in [2.05, 4.69) is 13.0 Å². The van der Waals surface area contributed by atoms with Crippen LogP contribution in [0.5, 0.6) is 0 Å². The number of allylic oxidation sites excluding steroid dienone is 4. The largest absolute Gasteiger partial charge is 0.303 e. The fourth-order valence-corrected chi connectivity index (χ4v) is 2.26. The fraction of sp³-hybridized carbons (Fsp3) is 0.722. The van der Waals surface area contributed by atoms with E-state index < -0.39 is 0 Å². The smallest absolute Gasteiger partial charge is 0.242 e. The number of carbonyl (C=O) groups is 1. The maximum absolute atomic E-state index is 10.9. The summed E-state index contributed by atoms with van der Waals surface area (Å²) >= 11 is 0. The second-order valence-electron chi connectivity index (χ2n) is 5.63. The molecule has 0 rings (SSSR count). The normalized spacial score (nSPS) is 12.0. The Hall–Kier alpha value is -1.45. The highest BCUT2D eigenvalue weighted by Crippen LogP contribution is 2.11. The molecule has 0 radical (unpaired) electrons. The van der Waals surface area contributed by atoms with E-state index in [4.69, 9.17) is 0 Å². The summed E-state index contributed by atoms with van der Waals surface area (Å²) in [7, 11) is 0. The third kappa shape index (κ3) is 13.5. The second-order valence-corrected chi connectivity index (χ2v) is 5.63. The zero-order chi connectivity index (χ0) is 16.5. The van der Waals surface area contributed by atoms with Crippen LogP contribution in [-0.2, 0) is 4.79 Å². The first kappa shape index (κ1) is 20.6. The molecule has 0 aromatic carbocycles. The van der Waals surface area contributed by atoms with Gasteiger partial charge in [-0.2, -0.15) is 0 Å². The van der Waals surface area contributed by atoms with Crippen molar-refractivity contribution in [2.24, 2.45) is 0 Å². The lowest BCUT2D eigenvalue weighted by molar-refractivity contribution is -0.428. The molecule has 0 aromatic rings. The minimum absolute atomic E-state index is 0.247. The molecule has 4 nitrogen and oxygen atoms in total. The van der Waals surface area contributed by atoms with Crippen LogP contribution in [0, 0.1) is 10.1 Å². The van der Waals surface area contributed by atoms with Crippen LogP contribution < -0.4 is 0 Å². The van der Waals surface area contributed by atoms with Gasteiger partial charge >= 0.3 is 0 Å². The van der Waals surface area contributed by atoms with Gasteiger partial charge in [-0.3, -0.25) is 10.1 Å². The van der Waals surface area contributed by atoms with Gasteiger partial charge in [-0.15, -0.1) is 0 Å². The van der Waals surface area contributed by atoms with Crippen LogP contribution in [0.3, 0.4) is 0 Å². The first-order valence-electron chi connectivity index (χ1n) is 8.64. The summed E-state index contributed by atoms with van der Waals surface area (Å²) in [4.78, 5) is 20.8. The van der Waals surface area contributed by atoms with Crippen LogP contribution >= 0.6 is 0 Å². The zero-order valence-corrected chi connectivity index (χ0v) is 14.0. The lowest BCUT2D eigenvalue weighted by Gasteiger charge is -1.98. The van der Waals surface area contributed by atoms with Gasteiger partial charge in [0.25, 0.3) is 0 Å². The third-order valence-corrected chi connectivity index (χ3v) is 3.62. The summed E-state index contributed by atoms with van der Waals surface area (Å²) in [6.07, 6.45) is 18.5. The van der Waals surface area contributed by atoms with E-state index in [0.717, 1.165) is 51.2 Å². The summed E-state index contributed by atoms with van der Waals surface area (Å²) < 4.78 is 0. The van der Waals surface area contributed by atoms with Gasteiger partial charge in [0.05, 0.1) is 4.92 Å². The molecule has 0 aliphatic carbocycles. The highest BCUT2D eigenvalue weighted by molar-refractivity contribution is 5.48. The average Bonchev–Trinajstić information content (AvgIpc) is 2.50. The van der Waals surface area contributed by atoms with E-state index in [1.807, 2.05) is 6.08 Å². The minimum Gasteiger partial charge on any atom is -0.303 e. The van der Waals surface area contributed by atoms with Gasteiger partial charge in [0, 0.05) is 12.8 Å². The van der Waals surface area contributed by atoms with Crippen LogP contribution in [0.25, 0.3) is 0 Å². The maximum Gasteiger partial charge on any atom is 0.242 e. The van der Waals surface area contributed by atoms with Gasteiger partial charge in [0.1, 0.15) is 6.29 Å². The van der Waals surface area contributed by atoms with E-state index in [9.17, 15) is 14.9 Å². The molecule has 0 aliphatic heterocycles.